The fourth-order valence-corrected chi connectivity index (χ4v) is 6.47. The summed E-state index contributed by atoms with van der Waals surface area (Å²) < 4.78 is 33.7. The van der Waals surface area contributed by atoms with E-state index in [-0.39, 0.29) is 27.9 Å². The van der Waals surface area contributed by atoms with Crippen LogP contribution in [0.25, 0.3) is 22.6 Å². The number of hydrogen-bond acceptors (Lipinski definition) is 6. The second-order valence-electron chi connectivity index (χ2n) is 8.26. The van der Waals surface area contributed by atoms with Gasteiger partial charge in [0, 0.05) is 17.1 Å². The smallest absolute Gasteiger partial charge is 0.252 e. The predicted octanol–water partition coefficient (Wildman–Crippen LogP) is 5.31. The number of nitrogens with zero attached hydrogens (tertiary/aromatic N) is 3. The molecule has 1 saturated heterocycles. The number of para-hydroxylation sites is 2. The molecule has 1 unspecified atom stereocenters. The Morgan fingerprint density at radius 2 is 1.81 bits per heavy atom. The molecule has 1 fully saturated rings. The number of oxazole rings is 1. The van der Waals surface area contributed by atoms with E-state index in [9.17, 15) is 18.0 Å². The van der Waals surface area contributed by atoms with E-state index in [1.807, 2.05) is 24.3 Å². The fourth-order valence-electron chi connectivity index (χ4n) is 4.18. The molecule has 0 radical (unpaired) electrons. The lowest BCUT2D eigenvalue weighted by molar-refractivity contribution is -0.122. The van der Waals surface area contributed by atoms with Gasteiger partial charge in [0.15, 0.2) is 5.58 Å². The van der Waals surface area contributed by atoms with E-state index in [2.05, 4.69) is 11.6 Å². The number of aromatic nitrogens is 1. The Labute approximate surface area is 222 Å². The van der Waals surface area contributed by atoms with Gasteiger partial charge in [0.25, 0.3) is 5.91 Å². The zero-order valence-corrected chi connectivity index (χ0v) is 21.5. The lowest BCUT2D eigenvalue weighted by Crippen LogP contribution is -2.45. The van der Waals surface area contributed by atoms with Crippen LogP contribution in [0.1, 0.15) is 6.42 Å². The van der Waals surface area contributed by atoms with Gasteiger partial charge in [-0.15, -0.1) is 6.58 Å². The lowest BCUT2D eigenvalue weighted by atomic mass is 10.2. The van der Waals surface area contributed by atoms with Crippen molar-refractivity contribution in [1.29, 1.82) is 0 Å². The van der Waals surface area contributed by atoms with Crippen LogP contribution in [0.15, 0.2) is 88.7 Å². The molecule has 2 amide bonds. The van der Waals surface area contributed by atoms with Gasteiger partial charge in [-0.05, 0) is 54.6 Å². The number of anilines is 1. The first-order valence-corrected chi connectivity index (χ1v) is 13.3. The van der Waals surface area contributed by atoms with Crippen LogP contribution in [0.2, 0.25) is 10.0 Å². The molecule has 2 heterocycles. The van der Waals surface area contributed by atoms with E-state index in [0.717, 1.165) is 9.21 Å². The van der Waals surface area contributed by atoms with Crippen molar-refractivity contribution >= 4 is 61.8 Å². The van der Waals surface area contributed by atoms with Gasteiger partial charge in [0.2, 0.25) is 21.8 Å². The standard InChI is InChI=1S/C26H19Cl2N3O5S/c1-2-13-30(37(34,35)23-14-17(27)9-12-19(23)28)21-15-24(32)31(26(21)33)18-10-7-16(8-11-18)25-29-20-5-3-4-6-22(20)36-25/h2-12,14,21H,1,13,15H2. The molecule has 0 aliphatic carbocycles. The first-order valence-electron chi connectivity index (χ1n) is 11.1. The fraction of sp³-hybridized carbons (Fsp3) is 0.115. The van der Waals surface area contributed by atoms with E-state index in [1.165, 1.54) is 24.3 Å². The van der Waals surface area contributed by atoms with Crippen molar-refractivity contribution in [3.8, 4) is 11.5 Å². The molecule has 188 valence electrons. The summed E-state index contributed by atoms with van der Waals surface area (Å²) in [5, 5.41) is 0.109. The Morgan fingerprint density at radius 1 is 1.08 bits per heavy atom. The average molecular weight is 556 g/mol. The van der Waals surface area contributed by atoms with Crippen molar-refractivity contribution in [2.75, 3.05) is 11.4 Å². The summed E-state index contributed by atoms with van der Waals surface area (Å²) in [6.07, 6.45) is 1.00. The molecule has 0 spiro atoms. The zero-order valence-electron chi connectivity index (χ0n) is 19.2. The van der Waals surface area contributed by atoms with Crippen molar-refractivity contribution in [3.05, 3.63) is 89.4 Å². The number of hydrogen-bond donors (Lipinski definition) is 0. The minimum absolute atomic E-state index is 0.0538. The molecule has 4 aromatic rings. The SMILES string of the molecule is C=CCN(C1CC(=O)N(c2ccc(-c3nc4ccccc4o3)cc2)C1=O)S(=O)(=O)c1cc(Cl)ccc1Cl. The normalized spacial score (nSPS) is 16.2. The van der Waals surface area contributed by atoms with Gasteiger partial charge in [-0.25, -0.2) is 18.3 Å². The van der Waals surface area contributed by atoms with Gasteiger partial charge in [0.1, 0.15) is 16.5 Å². The summed E-state index contributed by atoms with van der Waals surface area (Å²) >= 11 is 12.1. The van der Waals surface area contributed by atoms with E-state index >= 15 is 0 Å². The Bertz CT molecular complexity index is 1620. The van der Waals surface area contributed by atoms with Gasteiger partial charge in [-0.3, -0.25) is 9.59 Å². The molecule has 1 aromatic heterocycles. The van der Waals surface area contributed by atoms with Crippen molar-refractivity contribution in [2.45, 2.75) is 17.4 Å². The topological polar surface area (TPSA) is 101 Å². The molecule has 0 bridgehead atoms. The molecule has 1 atom stereocenters. The number of carbonyl (C=O) groups is 2. The lowest BCUT2D eigenvalue weighted by Gasteiger charge is -2.26. The molecular weight excluding hydrogens is 537 g/mol. The molecule has 3 aromatic carbocycles. The average Bonchev–Trinajstić information content (AvgIpc) is 3.44. The van der Waals surface area contributed by atoms with Crippen molar-refractivity contribution in [2.24, 2.45) is 0 Å². The largest absolute Gasteiger partial charge is 0.436 e. The van der Waals surface area contributed by atoms with E-state index in [4.69, 9.17) is 27.6 Å². The number of fused-ring (bicyclic) bond motifs is 1. The van der Waals surface area contributed by atoms with Crippen LogP contribution in [-0.2, 0) is 19.6 Å². The quantitative estimate of drug-likeness (QED) is 0.226. The van der Waals surface area contributed by atoms with E-state index < -0.39 is 27.9 Å². The first-order chi connectivity index (χ1) is 17.7. The summed E-state index contributed by atoms with van der Waals surface area (Å²) in [5.41, 5.74) is 2.30. The van der Waals surface area contributed by atoms with Crippen molar-refractivity contribution in [3.63, 3.8) is 0 Å². The Hall–Kier alpha value is -3.50. The molecule has 0 N–H and O–H groups in total. The second kappa shape index (κ2) is 9.75. The zero-order chi connectivity index (χ0) is 26.3. The van der Waals surface area contributed by atoms with Crippen LogP contribution < -0.4 is 4.90 Å². The number of halogens is 2. The predicted molar refractivity (Wildman–Crippen MR) is 141 cm³/mol. The summed E-state index contributed by atoms with van der Waals surface area (Å²) in [6, 6.07) is 16.6. The molecule has 5 rings (SSSR count). The molecule has 1 aliphatic heterocycles. The van der Waals surface area contributed by atoms with Crippen LogP contribution in [0.5, 0.6) is 0 Å². The molecule has 8 nitrogen and oxygen atoms in total. The minimum atomic E-state index is -4.29. The van der Waals surface area contributed by atoms with Gasteiger partial charge < -0.3 is 4.42 Å². The van der Waals surface area contributed by atoms with Gasteiger partial charge in [0.05, 0.1) is 17.1 Å². The highest BCUT2D eigenvalue weighted by Crippen LogP contribution is 2.34. The number of benzene rings is 3. The third-order valence-corrected chi connectivity index (χ3v) is 8.52. The summed E-state index contributed by atoms with van der Waals surface area (Å²) in [6.45, 7) is 3.40. The second-order valence-corrected chi connectivity index (χ2v) is 11.0. The van der Waals surface area contributed by atoms with Gasteiger partial charge in [-0.1, -0.05) is 41.4 Å². The Morgan fingerprint density at radius 3 is 2.51 bits per heavy atom. The van der Waals surface area contributed by atoms with Crippen molar-refractivity contribution < 1.29 is 22.4 Å². The third-order valence-electron chi connectivity index (χ3n) is 5.93. The van der Waals surface area contributed by atoms with Crippen LogP contribution >= 0.6 is 23.2 Å². The highest BCUT2D eigenvalue weighted by Gasteiger charge is 2.47. The first kappa shape index (κ1) is 25.2. The summed E-state index contributed by atoms with van der Waals surface area (Å²) in [4.78, 5) is 31.5. The summed E-state index contributed by atoms with van der Waals surface area (Å²) in [5.74, 6) is -0.819. The third kappa shape index (κ3) is 4.55. The van der Waals surface area contributed by atoms with Gasteiger partial charge >= 0.3 is 0 Å². The highest BCUT2D eigenvalue weighted by atomic mass is 35.5. The summed E-state index contributed by atoms with van der Waals surface area (Å²) in [7, 11) is -4.29. The monoisotopic (exact) mass is 555 g/mol. The molecule has 1 aliphatic rings. The maximum atomic E-state index is 13.5. The molecule has 11 heteroatoms. The van der Waals surface area contributed by atoms with Crippen LogP contribution in [-0.4, -0.2) is 42.1 Å². The van der Waals surface area contributed by atoms with Crippen LogP contribution in [0.4, 0.5) is 5.69 Å². The van der Waals surface area contributed by atoms with Crippen molar-refractivity contribution in [1.82, 2.24) is 9.29 Å². The Kier molecular flexibility index (Phi) is 6.63. The van der Waals surface area contributed by atoms with E-state index in [1.54, 1.807) is 24.3 Å². The minimum Gasteiger partial charge on any atom is -0.436 e. The van der Waals surface area contributed by atoms with Gasteiger partial charge in [-0.2, -0.15) is 4.31 Å². The highest BCUT2D eigenvalue weighted by molar-refractivity contribution is 7.89. The molecule has 37 heavy (non-hydrogen) atoms. The molecular formula is C26H19Cl2N3O5S. The maximum Gasteiger partial charge on any atom is 0.252 e. The number of amides is 2. The van der Waals surface area contributed by atoms with E-state index in [0.29, 0.717) is 28.2 Å². The molecule has 0 saturated carbocycles. The number of imide groups is 1. The van der Waals surface area contributed by atoms with Crippen LogP contribution in [0, 0.1) is 0 Å². The van der Waals surface area contributed by atoms with Crippen LogP contribution in [0.3, 0.4) is 0 Å². The number of sulfonamides is 1. The number of rotatable bonds is 7. The number of carbonyl (C=O) groups excluding carboxylic acids is 2. The Balaban J connectivity index is 1.45. The maximum absolute atomic E-state index is 13.5.